The summed E-state index contributed by atoms with van der Waals surface area (Å²) in [5.41, 5.74) is 0.112. The Bertz CT molecular complexity index is 478. The van der Waals surface area contributed by atoms with Crippen LogP contribution in [-0.2, 0) is 0 Å². The van der Waals surface area contributed by atoms with Gasteiger partial charge in [0.05, 0.1) is 6.61 Å². The summed E-state index contributed by atoms with van der Waals surface area (Å²) in [6.07, 6.45) is 6.89. The maximum Gasteiger partial charge on any atom is 0.254 e. The van der Waals surface area contributed by atoms with Gasteiger partial charge in [0.15, 0.2) is 0 Å². The van der Waals surface area contributed by atoms with Crippen molar-refractivity contribution < 1.29 is 9.90 Å². The van der Waals surface area contributed by atoms with Crippen LogP contribution in [0.15, 0.2) is 23.1 Å². The normalized spacial score (nSPS) is 16.3. The highest BCUT2D eigenvalue weighted by Crippen LogP contribution is 2.23. The van der Waals surface area contributed by atoms with E-state index in [1.807, 2.05) is 0 Å². The monoisotopic (exact) mass is 264 g/mol. The molecule has 0 radical (unpaired) electrons. The molecule has 1 saturated carbocycles. The van der Waals surface area contributed by atoms with Gasteiger partial charge in [0.25, 0.3) is 5.91 Å². The van der Waals surface area contributed by atoms with E-state index in [2.05, 4.69) is 4.98 Å². The molecular formula is C14H20N2O3. The molecule has 0 bridgehead atoms. The van der Waals surface area contributed by atoms with Crippen molar-refractivity contribution in [2.45, 2.75) is 38.1 Å². The average molecular weight is 264 g/mol. The molecule has 0 spiro atoms. The topological polar surface area (TPSA) is 73.4 Å². The molecule has 5 heteroatoms. The number of carbonyl (C=O) groups excluding carboxylic acids is 1. The molecule has 5 nitrogen and oxygen atoms in total. The number of carbonyl (C=O) groups is 1. The fraction of sp³-hybridized carbons (Fsp3) is 0.571. The number of aliphatic hydroxyl groups is 1. The van der Waals surface area contributed by atoms with Crippen molar-refractivity contribution in [3.63, 3.8) is 0 Å². The third-order valence-corrected chi connectivity index (χ3v) is 3.64. The number of pyridine rings is 1. The molecule has 1 aliphatic carbocycles. The van der Waals surface area contributed by atoms with Crippen molar-refractivity contribution in [3.05, 3.63) is 34.2 Å². The lowest BCUT2D eigenvalue weighted by Crippen LogP contribution is -2.43. The molecular weight excluding hydrogens is 244 g/mol. The van der Waals surface area contributed by atoms with Gasteiger partial charge in [-0.15, -0.1) is 0 Å². The van der Waals surface area contributed by atoms with Gasteiger partial charge in [0, 0.05) is 30.4 Å². The maximum atomic E-state index is 12.4. The highest BCUT2D eigenvalue weighted by molar-refractivity contribution is 5.94. The number of hydrogen-bond donors (Lipinski definition) is 2. The first kappa shape index (κ1) is 13.8. The Labute approximate surface area is 112 Å². The van der Waals surface area contributed by atoms with Crippen LogP contribution in [0.2, 0.25) is 0 Å². The third kappa shape index (κ3) is 3.44. The van der Waals surface area contributed by atoms with Crippen molar-refractivity contribution in [1.29, 1.82) is 0 Å². The summed E-state index contributed by atoms with van der Waals surface area (Å²) in [5, 5.41) is 9.16. The van der Waals surface area contributed by atoms with Gasteiger partial charge in [-0.2, -0.15) is 0 Å². The molecule has 2 rings (SSSR count). The van der Waals surface area contributed by atoms with Crippen molar-refractivity contribution in [2.75, 3.05) is 13.2 Å². The largest absolute Gasteiger partial charge is 0.395 e. The molecule has 1 fully saturated rings. The Kier molecular flexibility index (Phi) is 4.74. The van der Waals surface area contributed by atoms with Gasteiger partial charge in [-0.25, -0.2) is 0 Å². The molecule has 0 atom stereocenters. The van der Waals surface area contributed by atoms with E-state index >= 15 is 0 Å². The van der Waals surface area contributed by atoms with Gasteiger partial charge in [-0.1, -0.05) is 19.3 Å². The minimum Gasteiger partial charge on any atom is -0.395 e. The zero-order chi connectivity index (χ0) is 13.7. The lowest BCUT2D eigenvalue weighted by molar-refractivity contribution is 0.0585. The molecule has 1 aromatic rings. The minimum atomic E-state index is -0.279. The fourth-order valence-electron chi connectivity index (χ4n) is 2.69. The number of hydrogen-bond acceptors (Lipinski definition) is 3. The Balaban J connectivity index is 2.17. The average Bonchev–Trinajstić information content (AvgIpc) is 2.45. The molecule has 19 heavy (non-hydrogen) atoms. The quantitative estimate of drug-likeness (QED) is 0.856. The number of nitrogens with one attached hydrogen (secondary N) is 1. The molecule has 2 N–H and O–H groups in total. The predicted octanol–water partition coefficient (Wildman–Crippen LogP) is 1.14. The lowest BCUT2D eigenvalue weighted by Gasteiger charge is -2.34. The Morgan fingerprint density at radius 1 is 1.37 bits per heavy atom. The molecule has 1 amide bonds. The maximum absolute atomic E-state index is 12.4. The Morgan fingerprint density at radius 3 is 2.74 bits per heavy atom. The van der Waals surface area contributed by atoms with Gasteiger partial charge in [0.2, 0.25) is 5.56 Å². The number of nitrogens with zero attached hydrogens (tertiary/aromatic N) is 1. The predicted molar refractivity (Wildman–Crippen MR) is 72.1 cm³/mol. The van der Waals surface area contributed by atoms with Crippen LogP contribution >= 0.6 is 0 Å². The van der Waals surface area contributed by atoms with Crippen LogP contribution in [-0.4, -0.2) is 40.1 Å². The summed E-state index contributed by atoms with van der Waals surface area (Å²) in [7, 11) is 0. The molecule has 0 aliphatic heterocycles. The van der Waals surface area contributed by atoms with E-state index in [0.717, 1.165) is 25.7 Å². The van der Waals surface area contributed by atoms with Crippen molar-refractivity contribution in [3.8, 4) is 0 Å². The zero-order valence-electron chi connectivity index (χ0n) is 11.0. The van der Waals surface area contributed by atoms with Crippen LogP contribution in [0, 0.1) is 0 Å². The van der Waals surface area contributed by atoms with Gasteiger partial charge >= 0.3 is 0 Å². The summed E-state index contributed by atoms with van der Waals surface area (Å²) >= 11 is 0. The van der Waals surface area contributed by atoms with Gasteiger partial charge in [-0.3, -0.25) is 9.59 Å². The number of H-pyrrole nitrogens is 1. The molecule has 1 aromatic heterocycles. The van der Waals surface area contributed by atoms with E-state index in [9.17, 15) is 9.59 Å². The summed E-state index contributed by atoms with van der Waals surface area (Å²) in [5.74, 6) is -0.160. The van der Waals surface area contributed by atoms with Gasteiger partial charge < -0.3 is 15.0 Å². The number of amides is 1. The van der Waals surface area contributed by atoms with E-state index in [-0.39, 0.29) is 24.1 Å². The molecule has 0 aromatic carbocycles. The first-order valence-electron chi connectivity index (χ1n) is 6.83. The van der Waals surface area contributed by atoms with Gasteiger partial charge in [0.1, 0.15) is 0 Å². The first-order valence-corrected chi connectivity index (χ1v) is 6.83. The van der Waals surface area contributed by atoms with Crippen molar-refractivity contribution in [1.82, 2.24) is 9.88 Å². The second-order valence-corrected chi connectivity index (χ2v) is 4.96. The Hall–Kier alpha value is -1.62. The van der Waals surface area contributed by atoms with Crippen LogP contribution in [0.1, 0.15) is 42.5 Å². The number of aromatic amines is 1. The number of rotatable bonds is 4. The molecule has 1 aliphatic rings. The van der Waals surface area contributed by atoms with Crippen molar-refractivity contribution in [2.24, 2.45) is 0 Å². The van der Waals surface area contributed by atoms with E-state index in [1.54, 1.807) is 11.0 Å². The van der Waals surface area contributed by atoms with E-state index in [4.69, 9.17) is 5.11 Å². The summed E-state index contributed by atoms with van der Waals surface area (Å²) < 4.78 is 0. The summed E-state index contributed by atoms with van der Waals surface area (Å²) in [6.45, 7) is 0.279. The van der Waals surface area contributed by atoms with E-state index < -0.39 is 0 Å². The molecule has 1 heterocycles. The minimum absolute atomic E-state index is 0.0502. The standard InChI is InChI=1S/C14H20N2O3/c17-9-8-16(12-4-2-1-3-5-12)14(19)11-6-7-15-13(18)10-11/h6-7,10,12,17H,1-5,8-9H2,(H,15,18). The molecule has 0 saturated heterocycles. The van der Waals surface area contributed by atoms with Crippen LogP contribution in [0.25, 0.3) is 0 Å². The SMILES string of the molecule is O=C(c1cc[nH]c(=O)c1)N(CCO)C1CCCCC1. The number of aromatic nitrogens is 1. The van der Waals surface area contributed by atoms with Crippen LogP contribution in [0.3, 0.4) is 0 Å². The second kappa shape index (κ2) is 6.52. The van der Waals surface area contributed by atoms with Crippen molar-refractivity contribution >= 4 is 5.91 Å². The number of aliphatic hydroxyl groups excluding tert-OH is 1. The van der Waals surface area contributed by atoms with Crippen LogP contribution in [0.4, 0.5) is 0 Å². The van der Waals surface area contributed by atoms with Gasteiger partial charge in [-0.05, 0) is 18.9 Å². The summed E-state index contributed by atoms with van der Waals surface area (Å²) in [4.78, 5) is 27.9. The molecule has 0 unspecified atom stereocenters. The van der Waals surface area contributed by atoms with E-state index in [1.165, 1.54) is 18.7 Å². The highest BCUT2D eigenvalue weighted by Gasteiger charge is 2.25. The first-order chi connectivity index (χ1) is 9.22. The smallest absolute Gasteiger partial charge is 0.254 e. The molecule has 104 valence electrons. The summed E-state index contributed by atoms with van der Waals surface area (Å²) in [6, 6.07) is 3.11. The fourth-order valence-corrected chi connectivity index (χ4v) is 2.69. The van der Waals surface area contributed by atoms with Crippen LogP contribution < -0.4 is 5.56 Å². The highest BCUT2D eigenvalue weighted by atomic mass is 16.3. The third-order valence-electron chi connectivity index (χ3n) is 3.64. The van der Waals surface area contributed by atoms with Crippen LogP contribution in [0.5, 0.6) is 0 Å². The Morgan fingerprint density at radius 2 is 2.11 bits per heavy atom. The second-order valence-electron chi connectivity index (χ2n) is 4.96. The lowest BCUT2D eigenvalue weighted by atomic mass is 9.93. The van der Waals surface area contributed by atoms with E-state index in [0.29, 0.717) is 12.1 Å². The zero-order valence-corrected chi connectivity index (χ0v) is 11.0.